The van der Waals surface area contributed by atoms with E-state index in [0.717, 1.165) is 28.0 Å². The van der Waals surface area contributed by atoms with Crippen LogP contribution in [0, 0.1) is 6.92 Å². The number of ether oxygens (including phenoxy) is 2. The second kappa shape index (κ2) is 8.90. The van der Waals surface area contributed by atoms with Crippen molar-refractivity contribution < 1.29 is 23.1 Å². The molecule has 0 fully saturated rings. The van der Waals surface area contributed by atoms with Gasteiger partial charge in [0.25, 0.3) is 5.91 Å². The Balaban J connectivity index is 1.37. The SMILES string of the molecule is COc1ccc(C2=NN(C(=O)COc3ccc4c(C)cc(=O)oc4c3)[C@H](c3ccco3)C2)cc1. The Bertz CT molecular complexity index is 1420. The number of methoxy groups -OCH3 is 1. The maximum absolute atomic E-state index is 13.1. The summed E-state index contributed by atoms with van der Waals surface area (Å²) < 4.78 is 21.8. The van der Waals surface area contributed by atoms with Gasteiger partial charge in [0.2, 0.25) is 0 Å². The summed E-state index contributed by atoms with van der Waals surface area (Å²) in [4.78, 5) is 24.8. The van der Waals surface area contributed by atoms with Crippen LogP contribution in [-0.4, -0.2) is 30.3 Å². The molecule has 1 aliphatic heterocycles. The Morgan fingerprint density at radius 1 is 1.12 bits per heavy atom. The van der Waals surface area contributed by atoms with Gasteiger partial charge in [0.05, 0.1) is 19.1 Å². The van der Waals surface area contributed by atoms with E-state index in [4.69, 9.17) is 18.3 Å². The van der Waals surface area contributed by atoms with Gasteiger partial charge in [0, 0.05) is 23.9 Å². The van der Waals surface area contributed by atoms with Crippen LogP contribution in [0.1, 0.15) is 29.3 Å². The molecule has 1 amide bonds. The second-order valence-corrected chi connectivity index (χ2v) is 7.94. The Kier molecular flexibility index (Phi) is 5.63. The van der Waals surface area contributed by atoms with E-state index < -0.39 is 5.63 Å². The highest BCUT2D eigenvalue weighted by Gasteiger charge is 2.35. The highest BCUT2D eigenvalue weighted by molar-refractivity contribution is 6.03. The number of furan rings is 1. The third kappa shape index (κ3) is 4.17. The normalized spacial score (nSPS) is 15.4. The smallest absolute Gasteiger partial charge is 0.336 e. The number of fused-ring (bicyclic) bond motifs is 1. The van der Waals surface area contributed by atoms with Crippen LogP contribution in [0.4, 0.5) is 0 Å². The van der Waals surface area contributed by atoms with Crippen molar-refractivity contribution in [2.75, 3.05) is 13.7 Å². The van der Waals surface area contributed by atoms with E-state index in [9.17, 15) is 9.59 Å². The van der Waals surface area contributed by atoms with Crippen LogP contribution in [0.3, 0.4) is 0 Å². The molecule has 3 heterocycles. The van der Waals surface area contributed by atoms with E-state index in [1.165, 1.54) is 11.1 Å². The average Bonchev–Trinajstić information content (AvgIpc) is 3.52. The second-order valence-electron chi connectivity index (χ2n) is 7.94. The van der Waals surface area contributed by atoms with Gasteiger partial charge in [-0.1, -0.05) is 0 Å². The number of hydrogen-bond donors (Lipinski definition) is 0. The molecule has 34 heavy (non-hydrogen) atoms. The van der Waals surface area contributed by atoms with E-state index in [2.05, 4.69) is 5.10 Å². The Labute approximate surface area is 195 Å². The van der Waals surface area contributed by atoms with Crippen molar-refractivity contribution in [2.24, 2.45) is 5.10 Å². The number of hydrogen-bond acceptors (Lipinski definition) is 7. The average molecular weight is 458 g/mol. The zero-order valence-electron chi connectivity index (χ0n) is 18.7. The molecule has 2 aromatic carbocycles. The summed E-state index contributed by atoms with van der Waals surface area (Å²) in [6, 6.07) is 17.3. The van der Waals surface area contributed by atoms with Gasteiger partial charge in [0.1, 0.15) is 28.9 Å². The van der Waals surface area contributed by atoms with Gasteiger partial charge in [-0.25, -0.2) is 9.80 Å². The molecular weight excluding hydrogens is 436 g/mol. The molecule has 5 rings (SSSR count). The number of benzene rings is 2. The predicted molar refractivity (Wildman–Crippen MR) is 125 cm³/mol. The summed E-state index contributed by atoms with van der Waals surface area (Å²) >= 11 is 0. The number of rotatable bonds is 6. The van der Waals surface area contributed by atoms with Gasteiger partial charge in [-0.3, -0.25) is 4.79 Å². The first-order chi connectivity index (χ1) is 16.5. The van der Waals surface area contributed by atoms with Crippen molar-refractivity contribution >= 4 is 22.6 Å². The van der Waals surface area contributed by atoms with Crippen molar-refractivity contribution in [1.29, 1.82) is 0 Å². The van der Waals surface area contributed by atoms with Crippen molar-refractivity contribution in [1.82, 2.24) is 5.01 Å². The summed E-state index contributed by atoms with van der Waals surface area (Å²) in [5, 5.41) is 6.81. The highest BCUT2D eigenvalue weighted by atomic mass is 16.5. The molecule has 1 aliphatic rings. The number of nitrogens with zero attached hydrogens (tertiary/aromatic N) is 2. The lowest BCUT2D eigenvalue weighted by Crippen LogP contribution is -2.31. The first-order valence-electron chi connectivity index (χ1n) is 10.8. The van der Waals surface area contributed by atoms with Crippen LogP contribution < -0.4 is 15.1 Å². The molecule has 172 valence electrons. The molecule has 0 aliphatic carbocycles. The number of hydrazone groups is 1. The zero-order valence-corrected chi connectivity index (χ0v) is 18.7. The largest absolute Gasteiger partial charge is 0.497 e. The van der Waals surface area contributed by atoms with Crippen molar-refractivity contribution in [3.05, 3.63) is 94.2 Å². The zero-order chi connectivity index (χ0) is 23.7. The summed E-state index contributed by atoms with van der Waals surface area (Å²) in [5.74, 6) is 1.48. The van der Waals surface area contributed by atoms with Crippen LogP contribution in [0.15, 0.2) is 85.7 Å². The van der Waals surface area contributed by atoms with E-state index >= 15 is 0 Å². The van der Waals surface area contributed by atoms with Gasteiger partial charge >= 0.3 is 5.63 Å². The fraction of sp³-hybridized carbons (Fsp3) is 0.192. The molecule has 0 saturated carbocycles. The number of carbonyl (C=O) groups is 1. The van der Waals surface area contributed by atoms with Gasteiger partial charge in [0.15, 0.2) is 6.61 Å². The summed E-state index contributed by atoms with van der Waals surface area (Å²) in [6.45, 7) is 1.60. The number of amides is 1. The van der Waals surface area contributed by atoms with Crippen molar-refractivity contribution in [2.45, 2.75) is 19.4 Å². The molecule has 0 radical (unpaired) electrons. The molecule has 8 heteroatoms. The lowest BCUT2D eigenvalue weighted by atomic mass is 10.0. The highest BCUT2D eigenvalue weighted by Crippen LogP contribution is 2.33. The van der Waals surface area contributed by atoms with E-state index in [0.29, 0.717) is 23.5 Å². The van der Waals surface area contributed by atoms with Crippen LogP contribution in [0.5, 0.6) is 11.5 Å². The van der Waals surface area contributed by atoms with Gasteiger partial charge in [-0.15, -0.1) is 0 Å². The fourth-order valence-electron chi connectivity index (χ4n) is 4.01. The van der Waals surface area contributed by atoms with Crippen molar-refractivity contribution in [3.63, 3.8) is 0 Å². The maximum Gasteiger partial charge on any atom is 0.336 e. The summed E-state index contributed by atoms with van der Waals surface area (Å²) in [5.41, 5.74) is 2.45. The fourth-order valence-corrected chi connectivity index (χ4v) is 4.01. The van der Waals surface area contributed by atoms with Crippen LogP contribution >= 0.6 is 0 Å². The third-order valence-electron chi connectivity index (χ3n) is 5.75. The minimum absolute atomic E-state index is 0.238. The standard InChI is InChI=1S/C26H22N2O6/c1-16-12-26(30)34-24-13-19(9-10-20(16)24)33-15-25(29)28-22(23-4-3-11-32-23)14-21(27-28)17-5-7-18(31-2)8-6-17/h3-13,22H,14-15H2,1-2H3/t22-/m0/s1. The minimum Gasteiger partial charge on any atom is -0.497 e. The number of carbonyl (C=O) groups excluding carboxylic acids is 1. The summed E-state index contributed by atoms with van der Waals surface area (Å²) in [6.07, 6.45) is 2.08. The van der Waals surface area contributed by atoms with E-state index in [1.54, 1.807) is 37.6 Å². The van der Waals surface area contributed by atoms with Crippen LogP contribution in [0.2, 0.25) is 0 Å². The first-order valence-corrected chi connectivity index (χ1v) is 10.8. The van der Waals surface area contributed by atoms with Crippen LogP contribution in [-0.2, 0) is 4.79 Å². The quantitative estimate of drug-likeness (QED) is 0.396. The van der Waals surface area contributed by atoms with Gasteiger partial charge < -0.3 is 18.3 Å². The molecular formula is C26H22N2O6. The Morgan fingerprint density at radius 3 is 2.65 bits per heavy atom. The lowest BCUT2D eigenvalue weighted by Gasteiger charge is -2.20. The third-order valence-corrected chi connectivity index (χ3v) is 5.75. The molecule has 0 bridgehead atoms. The lowest BCUT2D eigenvalue weighted by molar-refractivity contribution is -0.135. The van der Waals surface area contributed by atoms with E-state index in [1.807, 2.05) is 37.3 Å². The van der Waals surface area contributed by atoms with Gasteiger partial charge in [-0.05, 0) is 66.6 Å². The monoisotopic (exact) mass is 458 g/mol. The van der Waals surface area contributed by atoms with Crippen molar-refractivity contribution in [3.8, 4) is 11.5 Å². The Morgan fingerprint density at radius 2 is 1.91 bits per heavy atom. The van der Waals surface area contributed by atoms with Gasteiger partial charge in [-0.2, -0.15) is 5.10 Å². The Hall–Kier alpha value is -4.33. The first kappa shape index (κ1) is 21.5. The topological polar surface area (TPSA) is 94.5 Å². The molecule has 2 aromatic heterocycles. The maximum atomic E-state index is 13.1. The molecule has 0 spiro atoms. The molecule has 0 saturated heterocycles. The molecule has 0 N–H and O–H groups in total. The molecule has 1 atom stereocenters. The van der Waals surface area contributed by atoms with E-state index in [-0.39, 0.29) is 18.6 Å². The minimum atomic E-state index is -0.433. The predicted octanol–water partition coefficient (Wildman–Crippen LogP) is 4.46. The molecule has 4 aromatic rings. The number of aryl methyl sites for hydroxylation is 1. The summed E-state index contributed by atoms with van der Waals surface area (Å²) in [7, 11) is 1.61. The van der Waals surface area contributed by atoms with Crippen LogP contribution in [0.25, 0.3) is 11.0 Å². The molecule has 0 unspecified atom stereocenters. The molecule has 8 nitrogen and oxygen atoms in total.